The van der Waals surface area contributed by atoms with Crippen LogP contribution in [0.15, 0.2) is 314 Å². The van der Waals surface area contributed by atoms with E-state index in [1.165, 1.54) is 21.9 Å². The van der Waals surface area contributed by atoms with Crippen LogP contribution in [0, 0.1) is 0 Å². The van der Waals surface area contributed by atoms with Crippen molar-refractivity contribution in [2.45, 2.75) is 0 Å². The van der Waals surface area contributed by atoms with Gasteiger partial charge < -0.3 is 19.1 Å². The summed E-state index contributed by atoms with van der Waals surface area (Å²) < 4.78 is 6.23. The van der Waals surface area contributed by atoms with E-state index in [0.29, 0.717) is 0 Å². The molecular formula is C74H51N3O. The van der Waals surface area contributed by atoms with Crippen LogP contribution in [0.4, 0.5) is 51.2 Å². The highest BCUT2D eigenvalue weighted by molar-refractivity contribution is 6.07. The Morgan fingerprint density at radius 3 is 1.05 bits per heavy atom. The molecule has 0 saturated heterocycles. The second kappa shape index (κ2) is 20.0. The molecule has 4 nitrogen and oxygen atoms in total. The average Bonchev–Trinajstić information content (AvgIpc) is 3.89. The normalized spacial score (nSPS) is 11.3. The predicted octanol–water partition coefficient (Wildman–Crippen LogP) is 21.3. The first-order chi connectivity index (χ1) is 38.7. The number of para-hydroxylation sites is 2. The van der Waals surface area contributed by atoms with Gasteiger partial charge in [0.1, 0.15) is 11.2 Å². The number of hydrogen-bond acceptors (Lipinski definition) is 4. The molecule has 14 aromatic rings. The highest BCUT2D eigenvalue weighted by Gasteiger charge is 2.24. The largest absolute Gasteiger partial charge is 0.456 e. The Hall–Kier alpha value is -10.4. The molecule has 0 aliphatic rings. The fraction of sp³-hybridized carbons (Fsp3) is 0. The van der Waals surface area contributed by atoms with E-state index >= 15 is 0 Å². The number of nitrogens with zero attached hydrogens (tertiary/aromatic N) is 3. The third kappa shape index (κ3) is 8.67. The summed E-state index contributed by atoms with van der Waals surface area (Å²) in [6, 6.07) is 112. The van der Waals surface area contributed by atoms with Crippen molar-refractivity contribution in [3.05, 3.63) is 309 Å². The van der Waals surface area contributed by atoms with Crippen molar-refractivity contribution in [2.75, 3.05) is 14.7 Å². The minimum atomic E-state index is 0.886. The number of fused-ring (bicyclic) bond motifs is 5. The minimum absolute atomic E-state index is 0.886. The third-order valence-corrected chi connectivity index (χ3v) is 15.0. The van der Waals surface area contributed by atoms with E-state index < -0.39 is 0 Å². The Labute approximate surface area is 454 Å². The molecule has 13 aromatic carbocycles. The van der Waals surface area contributed by atoms with Crippen LogP contribution in [0.1, 0.15) is 0 Å². The van der Waals surface area contributed by atoms with Crippen molar-refractivity contribution in [3.8, 4) is 33.4 Å². The molecule has 1 heterocycles. The molecule has 368 valence electrons. The standard InChI is InChI=1S/C74H51N3O/c1-4-18-52(19-5-1)54-34-43-62(44-35-54)76(71-31-16-24-57-22-10-12-28-67(57)71)65-49-64(50-66(51-65)77(72-32-17-25-58-23-11-13-29-68(58)72)63-45-36-55(37-46-63)53-20-6-2-7-21-53)75(60-26-8-3-9-27-60)61-41-38-56(39-42-61)59-40-47-74-70(48-59)69-30-14-15-33-73(69)78-74/h1-51H. The summed E-state index contributed by atoms with van der Waals surface area (Å²) in [5.74, 6) is 0. The molecule has 14 rings (SSSR count). The zero-order valence-electron chi connectivity index (χ0n) is 42.7. The molecule has 0 spiro atoms. The van der Waals surface area contributed by atoms with Gasteiger partial charge >= 0.3 is 0 Å². The van der Waals surface area contributed by atoms with Gasteiger partial charge in [-0.15, -0.1) is 0 Å². The number of rotatable bonds is 12. The van der Waals surface area contributed by atoms with E-state index in [2.05, 4.69) is 312 Å². The van der Waals surface area contributed by atoms with E-state index in [1.54, 1.807) is 0 Å². The van der Waals surface area contributed by atoms with Crippen LogP contribution in [-0.4, -0.2) is 0 Å². The molecular weight excluding hydrogens is 947 g/mol. The zero-order valence-corrected chi connectivity index (χ0v) is 42.7. The molecule has 1 aromatic heterocycles. The highest BCUT2D eigenvalue weighted by atomic mass is 16.3. The molecule has 0 fully saturated rings. The van der Waals surface area contributed by atoms with Gasteiger partial charge in [-0.25, -0.2) is 0 Å². The first-order valence-corrected chi connectivity index (χ1v) is 26.6. The summed E-state index contributed by atoms with van der Waals surface area (Å²) in [5, 5.41) is 6.86. The lowest BCUT2D eigenvalue weighted by Crippen LogP contribution is -2.16. The van der Waals surface area contributed by atoms with Gasteiger partial charge in [-0.1, -0.05) is 212 Å². The summed E-state index contributed by atoms with van der Waals surface area (Å²) in [7, 11) is 0. The van der Waals surface area contributed by atoms with Crippen LogP contribution in [0.25, 0.3) is 76.9 Å². The monoisotopic (exact) mass is 997 g/mol. The highest BCUT2D eigenvalue weighted by Crippen LogP contribution is 2.49. The van der Waals surface area contributed by atoms with Gasteiger partial charge in [0, 0.05) is 44.3 Å². The van der Waals surface area contributed by atoms with Gasteiger partial charge in [-0.05, 0) is 141 Å². The van der Waals surface area contributed by atoms with Crippen LogP contribution in [0.5, 0.6) is 0 Å². The molecule has 0 N–H and O–H groups in total. The van der Waals surface area contributed by atoms with E-state index in [9.17, 15) is 0 Å². The topological polar surface area (TPSA) is 22.9 Å². The first-order valence-electron chi connectivity index (χ1n) is 26.6. The Balaban J connectivity index is 1.01. The fourth-order valence-corrected chi connectivity index (χ4v) is 11.2. The Bertz CT molecular complexity index is 4230. The van der Waals surface area contributed by atoms with Crippen LogP contribution >= 0.6 is 0 Å². The predicted molar refractivity (Wildman–Crippen MR) is 329 cm³/mol. The Kier molecular flexibility index (Phi) is 11.8. The quantitative estimate of drug-likeness (QED) is 0.122. The molecule has 0 unspecified atom stereocenters. The van der Waals surface area contributed by atoms with E-state index in [1.807, 2.05) is 12.1 Å². The van der Waals surface area contributed by atoms with Crippen molar-refractivity contribution in [1.82, 2.24) is 0 Å². The maximum Gasteiger partial charge on any atom is 0.135 e. The van der Waals surface area contributed by atoms with Gasteiger partial charge in [0.05, 0.1) is 28.4 Å². The summed E-state index contributed by atoms with van der Waals surface area (Å²) in [5.41, 5.74) is 18.0. The first kappa shape index (κ1) is 46.1. The number of anilines is 9. The van der Waals surface area contributed by atoms with Gasteiger partial charge in [-0.3, -0.25) is 0 Å². The molecule has 0 radical (unpaired) electrons. The van der Waals surface area contributed by atoms with Gasteiger partial charge in [0.25, 0.3) is 0 Å². The second-order valence-electron chi connectivity index (χ2n) is 19.7. The summed E-state index contributed by atoms with van der Waals surface area (Å²) in [4.78, 5) is 7.26. The summed E-state index contributed by atoms with van der Waals surface area (Å²) in [6.07, 6.45) is 0. The fourth-order valence-electron chi connectivity index (χ4n) is 11.2. The van der Waals surface area contributed by atoms with Crippen LogP contribution in [0.3, 0.4) is 0 Å². The molecule has 0 saturated carbocycles. The maximum absolute atomic E-state index is 6.23. The molecule has 0 atom stereocenters. The van der Waals surface area contributed by atoms with Crippen molar-refractivity contribution in [1.29, 1.82) is 0 Å². The lowest BCUT2D eigenvalue weighted by atomic mass is 10.0. The SMILES string of the molecule is c1ccc(-c2ccc(N(c3cc(N(c4ccccc4)c4ccc(-c5ccc6oc7ccccc7c6c5)cc4)cc(N(c4ccc(-c5ccccc5)cc4)c4cccc5ccccc45)c3)c3cccc4ccccc34)cc2)cc1. The van der Waals surface area contributed by atoms with Crippen LogP contribution in [0.2, 0.25) is 0 Å². The maximum atomic E-state index is 6.23. The van der Waals surface area contributed by atoms with Gasteiger partial charge in [0.2, 0.25) is 0 Å². The second-order valence-corrected chi connectivity index (χ2v) is 19.7. The van der Waals surface area contributed by atoms with Crippen molar-refractivity contribution >= 4 is 94.7 Å². The van der Waals surface area contributed by atoms with Crippen molar-refractivity contribution in [2.24, 2.45) is 0 Å². The molecule has 0 aliphatic carbocycles. The summed E-state index contributed by atoms with van der Waals surface area (Å²) in [6.45, 7) is 0. The lowest BCUT2D eigenvalue weighted by molar-refractivity contribution is 0.669. The minimum Gasteiger partial charge on any atom is -0.456 e. The van der Waals surface area contributed by atoms with Gasteiger partial charge in [0.15, 0.2) is 0 Å². The van der Waals surface area contributed by atoms with Crippen LogP contribution in [-0.2, 0) is 0 Å². The lowest BCUT2D eigenvalue weighted by Gasteiger charge is -2.33. The number of hydrogen-bond donors (Lipinski definition) is 0. The third-order valence-electron chi connectivity index (χ3n) is 15.0. The molecule has 0 aliphatic heterocycles. The molecule has 4 heteroatoms. The smallest absolute Gasteiger partial charge is 0.135 e. The van der Waals surface area contributed by atoms with Crippen LogP contribution < -0.4 is 14.7 Å². The van der Waals surface area contributed by atoms with Crippen molar-refractivity contribution < 1.29 is 4.42 Å². The molecule has 78 heavy (non-hydrogen) atoms. The van der Waals surface area contributed by atoms with E-state index in [4.69, 9.17) is 4.42 Å². The van der Waals surface area contributed by atoms with E-state index in [0.717, 1.165) is 106 Å². The number of benzene rings is 13. The van der Waals surface area contributed by atoms with E-state index in [-0.39, 0.29) is 0 Å². The Morgan fingerprint density at radius 1 is 0.192 bits per heavy atom. The summed E-state index contributed by atoms with van der Waals surface area (Å²) >= 11 is 0. The average molecular weight is 998 g/mol. The number of furan rings is 1. The molecule has 0 bridgehead atoms. The Morgan fingerprint density at radius 2 is 0.538 bits per heavy atom. The van der Waals surface area contributed by atoms with Gasteiger partial charge in [-0.2, -0.15) is 0 Å². The molecule has 0 amide bonds. The zero-order chi connectivity index (χ0) is 51.8. The van der Waals surface area contributed by atoms with Crippen molar-refractivity contribution in [3.63, 3.8) is 0 Å².